The van der Waals surface area contributed by atoms with Crippen LogP contribution in [0.3, 0.4) is 0 Å². The number of alkyl carbamates (subject to hydrolysis) is 1. The van der Waals surface area contributed by atoms with Crippen LogP contribution in [0.1, 0.15) is 31.9 Å². The van der Waals surface area contributed by atoms with Gasteiger partial charge in [0.25, 0.3) is 0 Å². The average Bonchev–Trinajstić information content (AvgIpc) is 2.36. The minimum atomic E-state index is -0.534. The fraction of sp³-hybridized carbons (Fsp3) is 0.375. The summed E-state index contributed by atoms with van der Waals surface area (Å²) in [7, 11) is 0. The molecule has 0 heterocycles. The predicted molar refractivity (Wildman–Crippen MR) is 79.0 cm³/mol. The van der Waals surface area contributed by atoms with Crippen LogP contribution in [0.5, 0.6) is 0 Å². The quantitative estimate of drug-likeness (QED) is 0.924. The van der Waals surface area contributed by atoms with Crippen LogP contribution >= 0.6 is 0 Å². The van der Waals surface area contributed by atoms with Gasteiger partial charge in [-0.1, -0.05) is 24.3 Å². The molecule has 0 aliphatic carbocycles. The van der Waals surface area contributed by atoms with Crippen LogP contribution in [-0.2, 0) is 11.2 Å². The van der Waals surface area contributed by atoms with E-state index in [0.29, 0.717) is 11.1 Å². The number of ether oxygens (including phenoxy) is 1. The van der Waals surface area contributed by atoms with Gasteiger partial charge in [0.2, 0.25) is 0 Å². The monoisotopic (exact) mass is 290 g/mol. The molecule has 0 fully saturated rings. The Morgan fingerprint density at radius 3 is 2.76 bits per heavy atom. The molecule has 0 radical (unpaired) electrons. The zero-order valence-corrected chi connectivity index (χ0v) is 12.4. The second-order valence-corrected chi connectivity index (χ2v) is 5.47. The molecule has 4 nitrogen and oxygen atoms in total. The molecule has 21 heavy (non-hydrogen) atoms. The van der Waals surface area contributed by atoms with E-state index in [9.17, 15) is 9.18 Å². The molecule has 1 aromatic rings. The summed E-state index contributed by atoms with van der Waals surface area (Å²) in [5.74, 6) is -0.404. The molecule has 0 aliphatic rings. The Balaban J connectivity index is 2.49. The van der Waals surface area contributed by atoms with Crippen LogP contribution in [0.2, 0.25) is 0 Å². The number of hydrogen-bond donors (Lipinski definition) is 1. The molecule has 0 spiro atoms. The first-order chi connectivity index (χ1) is 9.81. The number of amides is 1. The van der Waals surface area contributed by atoms with Gasteiger partial charge in [0.1, 0.15) is 11.4 Å². The lowest BCUT2D eigenvalue weighted by molar-refractivity contribution is 0.0534. The van der Waals surface area contributed by atoms with Crippen LogP contribution in [0.15, 0.2) is 24.3 Å². The SMILES string of the molecule is CC(C)(C)OC(=O)NCC=Cc1ccc(CC#N)c(F)c1. The Hall–Kier alpha value is -2.35. The molecule has 1 N–H and O–H groups in total. The van der Waals surface area contributed by atoms with Crippen LogP contribution in [-0.4, -0.2) is 18.2 Å². The van der Waals surface area contributed by atoms with Crippen LogP contribution < -0.4 is 5.32 Å². The summed E-state index contributed by atoms with van der Waals surface area (Å²) in [4.78, 5) is 11.4. The second kappa shape index (κ2) is 7.44. The van der Waals surface area contributed by atoms with Crippen LogP contribution in [0, 0.1) is 17.1 Å². The minimum absolute atomic E-state index is 0.0516. The smallest absolute Gasteiger partial charge is 0.407 e. The van der Waals surface area contributed by atoms with Gasteiger partial charge >= 0.3 is 6.09 Å². The second-order valence-electron chi connectivity index (χ2n) is 5.47. The highest BCUT2D eigenvalue weighted by Crippen LogP contribution is 2.12. The van der Waals surface area contributed by atoms with Crippen molar-refractivity contribution < 1.29 is 13.9 Å². The number of benzene rings is 1. The fourth-order valence-electron chi connectivity index (χ4n) is 1.55. The Morgan fingerprint density at radius 2 is 2.19 bits per heavy atom. The number of halogens is 1. The van der Waals surface area contributed by atoms with Gasteiger partial charge in [-0.3, -0.25) is 0 Å². The molecule has 1 amide bonds. The lowest BCUT2D eigenvalue weighted by Crippen LogP contribution is -2.32. The highest BCUT2D eigenvalue weighted by atomic mass is 19.1. The van der Waals surface area contributed by atoms with Gasteiger partial charge in [0.05, 0.1) is 12.5 Å². The van der Waals surface area contributed by atoms with Crippen molar-refractivity contribution in [3.05, 3.63) is 41.2 Å². The number of carbonyl (C=O) groups excluding carboxylic acids is 1. The standard InChI is InChI=1S/C16H19FN2O2/c1-16(2,3)21-15(20)19-10-4-5-12-6-7-13(8-9-18)14(17)11-12/h4-7,11H,8,10H2,1-3H3,(H,19,20). The first kappa shape index (κ1) is 16.7. The van der Waals surface area contributed by atoms with Gasteiger partial charge in [-0.05, 0) is 32.4 Å². The number of nitrogens with one attached hydrogen (secondary N) is 1. The highest BCUT2D eigenvalue weighted by Gasteiger charge is 2.14. The van der Waals surface area contributed by atoms with Crippen molar-refractivity contribution in [2.75, 3.05) is 6.54 Å². The van der Waals surface area contributed by atoms with Crippen molar-refractivity contribution in [2.45, 2.75) is 32.8 Å². The molecule has 0 unspecified atom stereocenters. The lowest BCUT2D eigenvalue weighted by atomic mass is 10.1. The van der Waals surface area contributed by atoms with E-state index in [1.54, 1.807) is 45.1 Å². The predicted octanol–water partition coefficient (Wildman–Crippen LogP) is 3.43. The van der Waals surface area contributed by atoms with E-state index >= 15 is 0 Å². The number of hydrogen-bond acceptors (Lipinski definition) is 3. The van der Waals surface area contributed by atoms with Gasteiger partial charge in [-0.15, -0.1) is 0 Å². The highest BCUT2D eigenvalue weighted by molar-refractivity contribution is 5.68. The summed E-state index contributed by atoms with van der Waals surface area (Å²) in [5, 5.41) is 11.1. The van der Waals surface area contributed by atoms with Crippen molar-refractivity contribution in [3.63, 3.8) is 0 Å². The normalized spacial score (nSPS) is 11.2. The number of rotatable bonds is 4. The molecule has 0 saturated carbocycles. The van der Waals surface area contributed by atoms with E-state index in [-0.39, 0.29) is 13.0 Å². The Kier molecular flexibility index (Phi) is 5.92. The molecule has 0 saturated heterocycles. The van der Waals surface area contributed by atoms with Gasteiger partial charge in [-0.25, -0.2) is 9.18 Å². The minimum Gasteiger partial charge on any atom is -0.444 e. The van der Waals surface area contributed by atoms with E-state index in [2.05, 4.69) is 5.32 Å². The Bertz CT molecular complexity index is 569. The number of nitrogens with zero attached hydrogens (tertiary/aromatic N) is 1. The molecule has 0 atom stereocenters. The van der Waals surface area contributed by atoms with E-state index in [1.165, 1.54) is 6.07 Å². The van der Waals surface area contributed by atoms with E-state index in [1.807, 2.05) is 6.07 Å². The van der Waals surface area contributed by atoms with Gasteiger partial charge < -0.3 is 10.1 Å². The summed E-state index contributed by atoms with van der Waals surface area (Å²) in [6.07, 6.45) is 2.94. The van der Waals surface area contributed by atoms with Crippen LogP contribution in [0.25, 0.3) is 6.08 Å². The molecule has 0 aliphatic heterocycles. The molecule has 0 aromatic heterocycles. The molecular weight excluding hydrogens is 271 g/mol. The van der Waals surface area contributed by atoms with Gasteiger partial charge in [0.15, 0.2) is 0 Å². The maximum absolute atomic E-state index is 13.6. The van der Waals surface area contributed by atoms with Gasteiger partial charge in [0, 0.05) is 12.1 Å². The first-order valence-electron chi connectivity index (χ1n) is 6.60. The van der Waals surface area contributed by atoms with E-state index in [0.717, 1.165) is 0 Å². The number of nitriles is 1. The third kappa shape index (κ3) is 6.57. The molecule has 1 rings (SSSR count). The first-order valence-corrected chi connectivity index (χ1v) is 6.60. The van der Waals surface area contributed by atoms with E-state index < -0.39 is 17.5 Å². The maximum atomic E-state index is 13.6. The third-order valence-corrected chi connectivity index (χ3v) is 2.42. The summed E-state index contributed by atoms with van der Waals surface area (Å²) in [6.45, 7) is 5.65. The molecule has 112 valence electrons. The third-order valence-electron chi connectivity index (χ3n) is 2.42. The molecule has 0 bridgehead atoms. The van der Waals surface area contributed by atoms with Crippen molar-refractivity contribution in [3.8, 4) is 6.07 Å². The molecular formula is C16H19FN2O2. The topological polar surface area (TPSA) is 62.1 Å². The summed E-state index contributed by atoms with van der Waals surface area (Å²) in [5.41, 5.74) is 0.509. The van der Waals surface area contributed by atoms with Crippen molar-refractivity contribution in [1.82, 2.24) is 5.32 Å². The summed E-state index contributed by atoms with van der Waals surface area (Å²) >= 11 is 0. The van der Waals surface area contributed by atoms with Crippen LogP contribution in [0.4, 0.5) is 9.18 Å². The van der Waals surface area contributed by atoms with E-state index in [4.69, 9.17) is 10.00 Å². The molecule has 1 aromatic carbocycles. The Labute approximate surface area is 124 Å². The Morgan fingerprint density at radius 1 is 1.48 bits per heavy atom. The summed E-state index contributed by atoms with van der Waals surface area (Å²) < 4.78 is 18.7. The fourth-order valence-corrected chi connectivity index (χ4v) is 1.55. The van der Waals surface area contributed by atoms with Gasteiger partial charge in [-0.2, -0.15) is 5.26 Å². The maximum Gasteiger partial charge on any atom is 0.407 e. The average molecular weight is 290 g/mol. The lowest BCUT2D eigenvalue weighted by Gasteiger charge is -2.19. The number of carbonyl (C=O) groups is 1. The van der Waals surface area contributed by atoms with Crippen molar-refractivity contribution in [2.24, 2.45) is 0 Å². The zero-order valence-electron chi connectivity index (χ0n) is 12.4. The molecule has 5 heteroatoms. The summed E-state index contributed by atoms with van der Waals surface area (Å²) in [6, 6.07) is 6.57. The largest absolute Gasteiger partial charge is 0.444 e. The van der Waals surface area contributed by atoms with Crippen molar-refractivity contribution >= 4 is 12.2 Å². The van der Waals surface area contributed by atoms with Crippen molar-refractivity contribution in [1.29, 1.82) is 5.26 Å². The zero-order chi connectivity index (χ0) is 15.9.